The van der Waals surface area contributed by atoms with Crippen molar-refractivity contribution in [2.75, 3.05) is 11.1 Å². The molecule has 0 bridgehead atoms. The van der Waals surface area contributed by atoms with Crippen molar-refractivity contribution in [1.82, 2.24) is 0 Å². The van der Waals surface area contributed by atoms with Gasteiger partial charge in [0.25, 0.3) is 5.91 Å². The summed E-state index contributed by atoms with van der Waals surface area (Å²) < 4.78 is 0. The van der Waals surface area contributed by atoms with E-state index >= 15 is 0 Å². The zero-order valence-corrected chi connectivity index (χ0v) is 10.1. The van der Waals surface area contributed by atoms with E-state index in [9.17, 15) is 4.79 Å². The molecule has 0 heterocycles. The van der Waals surface area contributed by atoms with E-state index in [1.807, 2.05) is 0 Å². The third-order valence-corrected chi connectivity index (χ3v) is 2.59. The van der Waals surface area contributed by atoms with E-state index in [0.717, 1.165) is 0 Å². The molecule has 6 heteroatoms. The van der Waals surface area contributed by atoms with E-state index in [0.29, 0.717) is 22.4 Å². The Morgan fingerprint density at radius 3 is 2.53 bits per heavy atom. The maximum atomic E-state index is 12.0. The molecule has 0 radical (unpaired) electrons. The van der Waals surface area contributed by atoms with Crippen molar-refractivity contribution in [2.24, 2.45) is 0 Å². The molecule has 0 atom stereocenters. The van der Waals surface area contributed by atoms with Crippen LogP contribution in [-0.4, -0.2) is 23.1 Å². The van der Waals surface area contributed by atoms with E-state index in [1.165, 1.54) is 6.07 Å². The van der Waals surface area contributed by atoms with Crippen LogP contribution in [0.4, 0.5) is 11.4 Å². The molecule has 0 aliphatic heterocycles. The fourth-order valence-electron chi connectivity index (χ4n) is 1.66. The molecule has 5 N–H and O–H groups in total. The number of amides is 1. The highest BCUT2D eigenvalue weighted by molar-refractivity contribution is 6.58. The third-order valence-electron chi connectivity index (χ3n) is 2.59. The number of nitrogens with two attached hydrogens (primary N) is 1. The molecule has 0 unspecified atom stereocenters. The topological polar surface area (TPSA) is 95.6 Å². The van der Waals surface area contributed by atoms with Gasteiger partial charge in [-0.15, -0.1) is 0 Å². The van der Waals surface area contributed by atoms with Gasteiger partial charge in [0.2, 0.25) is 0 Å². The maximum absolute atomic E-state index is 12.0. The molecule has 1 amide bonds. The van der Waals surface area contributed by atoms with Crippen LogP contribution in [0, 0.1) is 0 Å². The van der Waals surface area contributed by atoms with Crippen LogP contribution >= 0.6 is 0 Å². The summed E-state index contributed by atoms with van der Waals surface area (Å²) in [7, 11) is -1.57. The first kappa shape index (κ1) is 13.1. The fourth-order valence-corrected chi connectivity index (χ4v) is 1.66. The minimum absolute atomic E-state index is 0.308. The number of hydrogen-bond acceptors (Lipinski definition) is 4. The summed E-state index contributed by atoms with van der Waals surface area (Å²) in [5, 5.41) is 20.8. The molecule has 5 nitrogen and oxygen atoms in total. The molecule has 96 valence electrons. The van der Waals surface area contributed by atoms with E-state index in [-0.39, 0.29) is 5.91 Å². The van der Waals surface area contributed by atoms with Crippen molar-refractivity contribution in [3.8, 4) is 0 Å². The highest BCUT2D eigenvalue weighted by Crippen LogP contribution is 2.10. The van der Waals surface area contributed by atoms with Crippen LogP contribution in [0.5, 0.6) is 0 Å². The summed E-state index contributed by atoms with van der Waals surface area (Å²) in [6.07, 6.45) is 0. The molecule has 0 spiro atoms. The predicted octanol–water partition coefficient (Wildman–Crippen LogP) is 0.201. The number of hydrogen-bond donors (Lipinski definition) is 4. The lowest BCUT2D eigenvalue weighted by molar-refractivity contribution is 0.102. The minimum atomic E-state index is -1.57. The van der Waals surface area contributed by atoms with Gasteiger partial charge in [0.15, 0.2) is 0 Å². The van der Waals surface area contributed by atoms with Crippen LogP contribution in [0.25, 0.3) is 0 Å². The molecule has 0 aliphatic carbocycles. The van der Waals surface area contributed by atoms with Crippen molar-refractivity contribution < 1.29 is 14.8 Å². The van der Waals surface area contributed by atoms with Gasteiger partial charge in [-0.2, -0.15) is 0 Å². The summed E-state index contributed by atoms with van der Waals surface area (Å²) in [6, 6.07) is 12.9. The number of carbonyl (C=O) groups excluding carboxylic acids is 1. The summed E-state index contributed by atoms with van der Waals surface area (Å²) in [6.45, 7) is 0. The first-order valence-corrected chi connectivity index (χ1v) is 5.69. The molecular formula is C13H13BN2O3. The molecule has 0 saturated heterocycles. The molecule has 0 aliphatic rings. The lowest BCUT2D eigenvalue weighted by atomic mass is 9.80. The van der Waals surface area contributed by atoms with Gasteiger partial charge in [-0.05, 0) is 35.8 Å². The molecule has 0 fully saturated rings. The number of rotatable bonds is 3. The normalized spacial score (nSPS) is 10.0. The molecular weight excluding hydrogens is 243 g/mol. The van der Waals surface area contributed by atoms with Gasteiger partial charge in [-0.25, -0.2) is 0 Å². The van der Waals surface area contributed by atoms with Crippen molar-refractivity contribution in [3.63, 3.8) is 0 Å². The van der Waals surface area contributed by atoms with Gasteiger partial charge in [0.05, 0.1) is 0 Å². The van der Waals surface area contributed by atoms with Crippen molar-refractivity contribution in [1.29, 1.82) is 0 Å². The summed E-state index contributed by atoms with van der Waals surface area (Å²) in [4.78, 5) is 12.0. The van der Waals surface area contributed by atoms with Crippen molar-refractivity contribution >= 4 is 29.9 Å². The molecule has 0 aromatic heterocycles. The van der Waals surface area contributed by atoms with Gasteiger partial charge in [0.1, 0.15) is 0 Å². The second kappa shape index (κ2) is 5.56. The quantitative estimate of drug-likeness (QED) is 0.466. The first-order valence-electron chi connectivity index (χ1n) is 5.69. The van der Waals surface area contributed by atoms with Crippen LogP contribution in [0.3, 0.4) is 0 Å². The van der Waals surface area contributed by atoms with Crippen LogP contribution in [0.2, 0.25) is 0 Å². The van der Waals surface area contributed by atoms with Gasteiger partial charge >= 0.3 is 7.12 Å². The Kier molecular flexibility index (Phi) is 3.84. The van der Waals surface area contributed by atoms with E-state index in [2.05, 4.69) is 5.32 Å². The minimum Gasteiger partial charge on any atom is -0.423 e. The fraction of sp³-hybridized carbons (Fsp3) is 0. The Morgan fingerprint density at radius 2 is 1.84 bits per heavy atom. The molecule has 19 heavy (non-hydrogen) atoms. The van der Waals surface area contributed by atoms with E-state index < -0.39 is 7.12 Å². The average Bonchev–Trinajstić information content (AvgIpc) is 2.39. The third kappa shape index (κ3) is 3.34. The Labute approximate surface area is 110 Å². The average molecular weight is 256 g/mol. The van der Waals surface area contributed by atoms with Gasteiger partial charge < -0.3 is 21.1 Å². The van der Waals surface area contributed by atoms with E-state index in [1.54, 1.807) is 42.5 Å². The van der Waals surface area contributed by atoms with Crippen LogP contribution in [0.15, 0.2) is 48.5 Å². The summed E-state index contributed by atoms with van der Waals surface area (Å²) >= 11 is 0. The zero-order valence-electron chi connectivity index (χ0n) is 10.1. The second-order valence-corrected chi connectivity index (χ2v) is 4.08. The predicted molar refractivity (Wildman–Crippen MR) is 75.1 cm³/mol. The standard InChI is InChI=1S/C13H13BN2O3/c15-11-5-1-3-9(7-11)13(17)16-12-6-2-4-10(8-12)14(18)19/h1-8,18-19H,15H2,(H,16,17). The summed E-state index contributed by atoms with van der Waals surface area (Å²) in [5.41, 5.74) is 7.35. The number of nitrogens with one attached hydrogen (secondary N) is 1. The monoisotopic (exact) mass is 256 g/mol. The second-order valence-electron chi connectivity index (χ2n) is 4.08. The van der Waals surface area contributed by atoms with Gasteiger partial charge in [-0.3, -0.25) is 4.79 Å². The van der Waals surface area contributed by atoms with Crippen LogP contribution in [0.1, 0.15) is 10.4 Å². The molecule has 2 aromatic rings. The number of carbonyl (C=O) groups is 1. The lowest BCUT2D eigenvalue weighted by Gasteiger charge is -2.07. The Morgan fingerprint density at radius 1 is 1.11 bits per heavy atom. The van der Waals surface area contributed by atoms with Crippen LogP contribution < -0.4 is 16.5 Å². The summed E-state index contributed by atoms with van der Waals surface area (Å²) in [5.74, 6) is -0.308. The largest absolute Gasteiger partial charge is 0.488 e. The lowest BCUT2D eigenvalue weighted by Crippen LogP contribution is -2.30. The maximum Gasteiger partial charge on any atom is 0.488 e. The van der Waals surface area contributed by atoms with Gasteiger partial charge in [0, 0.05) is 16.9 Å². The number of anilines is 2. The van der Waals surface area contributed by atoms with Gasteiger partial charge in [-0.1, -0.05) is 18.2 Å². The smallest absolute Gasteiger partial charge is 0.423 e. The number of benzene rings is 2. The molecule has 0 saturated carbocycles. The Balaban J connectivity index is 2.17. The van der Waals surface area contributed by atoms with E-state index in [4.69, 9.17) is 15.8 Å². The molecule has 2 rings (SSSR count). The number of nitrogen functional groups attached to an aromatic ring is 1. The zero-order chi connectivity index (χ0) is 13.8. The highest BCUT2D eigenvalue weighted by atomic mass is 16.4. The van der Waals surface area contributed by atoms with Crippen molar-refractivity contribution in [2.45, 2.75) is 0 Å². The van der Waals surface area contributed by atoms with Crippen molar-refractivity contribution in [3.05, 3.63) is 54.1 Å². The first-order chi connectivity index (χ1) is 9.06. The Bertz CT molecular complexity index is 602. The highest BCUT2D eigenvalue weighted by Gasteiger charge is 2.12. The SMILES string of the molecule is Nc1cccc(C(=O)Nc2cccc(B(O)O)c2)c1. The van der Waals surface area contributed by atoms with Crippen LogP contribution in [-0.2, 0) is 0 Å². The Hall–Kier alpha value is -2.31. The molecule has 2 aromatic carbocycles.